The van der Waals surface area contributed by atoms with Gasteiger partial charge in [-0.1, -0.05) is 13.8 Å². The molecule has 0 saturated carbocycles. The van der Waals surface area contributed by atoms with E-state index in [9.17, 15) is 0 Å². The van der Waals surface area contributed by atoms with Crippen LogP contribution >= 0.6 is 24.0 Å². The molecule has 0 rings (SSSR count). The molecule has 0 aliphatic carbocycles. The van der Waals surface area contributed by atoms with Gasteiger partial charge in [0.1, 0.15) is 0 Å². The summed E-state index contributed by atoms with van der Waals surface area (Å²) in [5.74, 6) is 1.21. The molecule has 0 aliphatic rings. The molecule has 0 aromatic rings. The van der Waals surface area contributed by atoms with Gasteiger partial charge in [-0.05, 0) is 47.2 Å². The summed E-state index contributed by atoms with van der Waals surface area (Å²) in [5.41, 5.74) is 5.83. The van der Waals surface area contributed by atoms with Crippen molar-refractivity contribution in [1.82, 2.24) is 10.2 Å². The highest BCUT2D eigenvalue weighted by molar-refractivity contribution is 14.0. The van der Waals surface area contributed by atoms with Crippen LogP contribution in [0.3, 0.4) is 0 Å². The molecule has 3 N–H and O–H groups in total. The van der Waals surface area contributed by atoms with Gasteiger partial charge in [0.05, 0.1) is 6.54 Å². The van der Waals surface area contributed by atoms with Crippen LogP contribution in [0.25, 0.3) is 0 Å². The molecule has 1 unspecified atom stereocenters. The van der Waals surface area contributed by atoms with Crippen LogP contribution in [0.5, 0.6) is 0 Å². The maximum Gasteiger partial charge on any atom is 0.189 e. The number of aliphatic imine (C=N–C) groups is 1. The Morgan fingerprint density at radius 1 is 1.28 bits per heavy atom. The Labute approximate surface area is 130 Å². The minimum Gasteiger partial charge on any atom is -0.370 e. The van der Waals surface area contributed by atoms with Crippen molar-refractivity contribution in [3.63, 3.8) is 0 Å². The van der Waals surface area contributed by atoms with Crippen LogP contribution in [0, 0.1) is 5.92 Å². The molecule has 4 nitrogen and oxygen atoms in total. The molecule has 0 spiro atoms. The first-order chi connectivity index (χ1) is 7.61. The molecular formula is C13H31IN4. The van der Waals surface area contributed by atoms with Gasteiger partial charge < -0.3 is 16.0 Å². The molecule has 110 valence electrons. The average molecular weight is 370 g/mol. The predicted molar refractivity (Wildman–Crippen MR) is 91.7 cm³/mol. The highest BCUT2D eigenvalue weighted by Crippen LogP contribution is 2.09. The molecule has 0 bridgehead atoms. The molecule has 0 amide bonds. The van der Waals surface area contributed by atoms with Gasteiger partial charge in [-0.25, -0.2) is 0 Å². The maximum absolute atomic E-state index is 5.86. The molecule has 0 radical (unpaired) electrons. The number of nitrogens with zero attached hydrogens (tertiary/aromatic N) is 2. The molecule has 0 aromatic carbocycles. The van der Waals surface area contributed by atoms with Crippen LogP contribution in [-0.2, 0) is 0 Å². The van der Waals surface area contributed by atoms with Crippen molar-refractivity contribution in [2.24, 2.45) is 16.6 Å². The fourth-order valence-corrected chi connectivity index (χ4v) is 1.62. The molecule has 5 heteroatoms. The van der Waals surface area contributed by atoms with Crippen molar-refractivity contribution >= 4 is 29.9 Å². The van der Waals surface area contributed by atoms with E-state index >= 15 is 0 Å². The van der Waals surface area contributed by atoms with Crippen molar-refractivity contribution in [3.05, 3.63) is 0 Å². The van der Waals surface area contributed by atoms with Gasteiger partial charge in [-0.15, -0.1) is 24.0 Å². The Bertz CT molecular complexity index is 244. The Kier molecular flexibility index (Phi) is 10.1. The normalized spacial score (nSPS) is 14.6. The average Bonchev–Trinajstić information content (AvgIpc) is 2.08. The van der Waals surface area contributed by atoms with Crippen LogP contribution in [0.4, 0.5) is 0 Å². The SMILES string of the molecule is CC(C)CC(CN=C(N)NC(C)(C)C)N(C)C.I. The van der Waals surface area contributed by atoms with E-state index in [4.69, 9.17) is 5.73 Å². The number of hydrogen-bond acceptors (Lipinski definition) is 2. The van der Waals surface area contributed by atoms with Crippen molar-refractivity contribution in [2.45, 2.75) is 52.6 Å². The van der Waals surface area contributed by atoms with Gasteiger partial charge in [0.15, 0.2) is 5.96 Å². The van der Waals surface area contributed by atoms with E-state index in [2.05, 4.69) is 63.9 Å². The third-order valence-electron chi connectivity index (χ3n) is 2.45. The summed E-state index contributed by atoms with van der Waals surface area (Å²) in [4.78, 5) is 6.64. The summed E-state index contributed by atoms with van der Waals surface area (Å²) in [6, 6.07) is 0.454. The first kappa shape index (κ1) is 20.3. The predicted octanol–water partition coefficient (Wildman–Crippen LogP) is 2.28. The van der Waals surface area contributed by atoms with Crippen molar-refractivity contribution < 1.29 is 0 Å². The van der Waals surface area contributed by atoms with Gasteiger partial charge in [0.25, 0.3) is 0 Å². The Balaban J connectivity index is 0. The van der Waals surface area contributed by atoms with Crippen LogP contribution in [0.15, 0.2) is 4.99 Å². The highest BCUT2D eigenvalue weighted by atomic mass is 127. The van der Waals surface area contributed by atoms with Crippen LogP contribution in [-0.4, -0.2) is 43.1 Å². The van der Waals surface area contributed by atoms with Crippen molar-refractivity contribution in [2.75, 3.05) is 20.6 Å². The smallest absolute Gasteiger partial charge is 0.189 e. The zero-order valence-corrected chi connectivity index (χ0v) is 15.3. The molecule has 0 aliphatic heterocycles. The van der Waals surface area contributed by atoms with Crippen LogP contribution in [0.2, 0.25) is 0 Å². The zero-order valence-electron chi connectivity index (χ0n) is 12.9. The Hall–Kier alpha value is -0.0400. The minimum absolute atomic E-state index is 0. The van der Waals surface area contributed by atoms with Crippen LogP contribution in [0.1, 0.15) is 41.0 Å². The molecule has 1 atom stereocenters. The summed E-state index contributed by atoms with van der Waals surface area (Å²) < 4.78 is 0. The Morgan fingerprint density at radius 2 is 1.78 bits per heavy atom. The third kappa shape index (κ3) is 11.1. The van der Waals surface area contributed by atoms with Crippen LogP contribution < -0.4 is 11.1 Å². The lowest BCUT2D eigenvalue weighted by Crippen LogP contribution is -2.45. The van der Waals surface area contributed by atoms with Gasteiger partial charge >= 0.3 is 0 Å². The summed E-state index contributed by atoms with van der Waals surface area (Å²) in [5, 5.41) is 3.18. The number of likely N-dealkylation sites (N-methyl/N-ethyl adjacent to an activating group) is 1. The number of rotatable bonds is 5. The lowest BCUT2D eigenvalue weighted by molar-refractivity contribution is 0.261. The number of halogens is 1. The van der Waals surface area contributed by atoms with E-state index in [1.54, 1.807) is 0 Å². The molecule has 0 heterocycles. The van der Waals surface area contributed by atoms with Gasteiger partial charge in [-0.3, -0.25) is 4.99 Å². The fraction of sp³-hybridized carbons (Fsp3) is 0.923. The number of hydrogen-bond donors (Lipinski definition) is 2. The summed E-state index contributed by atoms with van der Waals surface area (Å²) in [6.07, 6.45) is 1.14. The molecule has 0 saturated heterocycles. The number of guanidine groups is 1. The maximum atomic E-state index is 5.86. The first-order valence-electron chi connectivity index (χ1n) is 6.36. The van der Waals surface area contributed by atoms with Gasteiger partial charge in [0, 0.05) is 11.6 Å². The lowest BCUT2D eigenvalue weighted by Gasteiger charge is -2.25. The van der Waals surface area contributed by atoms with Gasteiger partial charge in [0.2, 0.25) is 0 Å². The summed E-state index contributed by atoms with van der Waals surface area (Å²) in [7, 11) is 4.19. The monoisotopic (exact) mass is 370 g/mol. The zero-order chi connectivity index (χ0) is 13.6. The standard InChI is InChI=1S/C13H30N4.HI/c1-10(2)8-11(17(6)7)9-15-12(14)16-13(3,4)5;/h10-11H,8-9H2,1-7H3,(H3,14,15,16);1H. The van der Waals surface area contributed by atoms with Crippen molar-refractivity contribution in [3.8, 4) is 0 Å². The molecule has 0 aromatic heterocycles. The molecular weight excluding hydrogens is 339 g/mol. The van der Waals surface area contributed by atoms with E-state index in [1.165, 1.54) is 0 Å². The topological polar surface area (TPSA) is 53.6 Å². The fourth-order valence-electron chi connectivity index (χ4n) is 1.62. The van der Waals surface area contributed by atoms with E-state index in [-0.39, 0.29) is 29.5 Å². The van der Waals surface area contributed by atoms with Crippen molar-refractivity contribution in [1.29, 1.82) is 0 Å². The first-order valence-corrected chi connectivity index (χ1v) is 6.36. The summed E-state index contributed by atoms with van der Waals surface area (Å²) in [6.45, 7) is 11.4. The highest BCUT2D eigenvalue weighted by Gasteiger charge is 2.14. The lowest BCUT2D eigenvalue weighted by atomic mass is 10.0. The van der Waals surface area contributed by atoms with E-state index < -0.39 is 0 Å². The van der Waals surface area contributed by atoms with Gasteiger partial charge in [-0.2, -0.15) is 0 Å². The minimum atomic E-state index is -0.0285. The molecule has 18 heavy (non-hydrogen) atoms. The van der Waals surface area contributed by atoms with E-state index in [1.807, 2.05) is 0 Å². The third-order valence-corrected chi connectivity index (χ3v) is 2.45. The van der Waals surface area contributed by atoms with E-state index in [0.29, 0.717) is 17.9 Å². The number of nitrogens with one attached hydrogen (secondary N) is 1. The number of nitrogens with two attached hydrogens (primary N) is 1. The largest absolute Gasteiger partial charge is 0.370 e. The second-order valence-corrected chi connectivity index (χ2v) is 6.35. The quantitative estimate of drug-likeness (QED) is 0.444. The molecule has 0 fully saturated rings. The Morgan fingerprint density at radius 3 is 2.11 bits per heavy atom. The second kappa shape index (κ2) is 8.96. The second-order valence-electron chi connectivity index (χ2n) is 6.35. The van der Waals surface area contributed by atoms with E-state index in [0.717, 1.165) is 13.0 Å². The summed E-state index contributed by atoms with van der Waals surface area (Å²) >= 11 is 0.